The van der Waals surface area contributed by atoms with Crippen molar-refractivity contribution in [3.63, 3.8) is 0 Å². The first-order chi connectivity index (χ1) is 8.86. The number of anilines is 1. The Bertz CT molecular complexity index is 482. The number of halogens is 3. The maximum absolute atomic E-state index is 13.0. The molecule has 1 aromatic carbocycles. The fourth-order valence-electron chi connectivity index (χ4n) is 2.22. The first-order valence-electron chi connectivity index (χ1n) is 6.21. The van der Waals surface area contributed by atoms with Crippen molar-refractivity contribution in [2.75, 3.05) is 25.9 Å². The van der Waals surface area contributed by atoms with Crippen LogP contribution in [-0.2, 0) is 6.18 Å². The van der Waals surface area contributed by atoms with Crippen LogP contribution in [0.4, 0.5) is 18.9 Å². The summed E-state index contributed by atoms with van der Waals surface area (Å²) in [5, 5.41) is 0. The van der Waals surface area contributed by atoms with Gasteiger partial charge in [-0.1, -0.05) is 17.7 Å². The van der Waals surface area contributed by atoms with Gasteiger partial charge in [0.1, 0.15) is 0 Å². The normalized spacial score (nSPS) is 17.6. The number of hydrogen-bond donors (Lipinski definition) is 1. The molecule has 1 aliphatic heterocycles. The van der Waals surface area contributed by atoms with Crippen LogP contribution in [0.5, 0.6) is 0 Å². The van der Waals surface area contributed by atoms with Gasteiger partial charge in [-0.25, -0.2) is 0 Å². The Morgan fingerprint density at radius 2 is 1.84 bits per heavy atom. The first kappa shape index (κ1) is 13.9. The van der Waals surface area contributed by atoms with E-state index in [0.717, 1.165) is 37.6 Å². The molecule has 5 heteroatoms. The fourth-order valence-corrected chi connectivity index (χ4v) is 2.22. The van der Waals surface area contributed by atoms with Crippen molar-refractivity contribution in [3.8, 4) is 0 Å². The van der Waals surface area contributed by atoms with Crippen LogP contribution < -0.4 is 5.73 Å². The number of alkyl halides is 3. The zero-order chi connectivity index (χ0) is 14.0. The number of nitrogen functional groups attached to an aromatic ring is 1. The zero-order valence-electron chi connectivity index (χ0n) is 10.8. The molecule has 0 amide bonds. The minimum absolute atomic E-state index is 0.137. The van der Waals surface area contributed by atoms with Gasteiger partial charge in [0.05, 0.1) is 5.56 Å². The van der Waals surface area contributed by atoms with Gasteiger partial charge in [0.15, 0.2) is 0 Å². The monoisotopic (exact) mass is 270 g/mol. The van der Waals surface area contributed by atoms with E-state index in [1.165, 1.54) is 12.1 Å². The second-order valence-corrected chi connectivity index (χ2v) is 4.95. The first-order valence-corrected chi connectivity index (χ1v) is 6.21. The fraction of sp³-hybridized carbons (Fsp3) is 0.429. The van der Waals surface area contributed by atoms with Crippen LogP contribution in [0.25, 0.3) is 6.08 Å². The number of nitrogens with two attached hydrogens (primary N) is 1. The summed E-state index contributed by atoms with van der Waals surface area (Å²) in [6, 6.07) is 3.96. The van der Waals surface area contributed by atoms with Gasteiger partial charge in [0.2, 0.25) is 0 Å². The molecule has 2 rings (SSSR count). The van der Waals surface area contributed by atoms with Gasteiger partial charge in [0.25, 0.3) is 0 Å². The summed E-state index contributed by atoms with van der Waals surface area (Å²) in [4.78, 5) is 2.17. The number of rotatable bonds is 1. The van der Waals surface area contributed by atoms with Crippen LogP contribution in [0.3, 0.4) is 0 Å². The molecule has 1 heterocycles. The molecule has 0 unspecified atom stereocenters. The van der Waals surface area contributed by atoms with Gasteiger partial charge >= 0.3 is 6.18 Å². The average Bonchev–Trinajstić information content (AvgIpc) is 2.33. The highest BCUT2D eigenvalue weighted by molar-refractivity contribution is 5.61. The number of piperidine rings is 1. The van der Waals surface area contributed by atoms with Crippen molar-refractivity contribution in [3.05, 3.63) is 34.9 Å². The zero-order valence-corrected chi connectivity index (χ0v) is 10.8. The van der Waals surface area contributed by atoms with Crippen molar-refractivity contribution < 1.29 is 13.2 Å². The highest BCUT2D eigenvalue weighted by Gasteiger charge is 2.33. The minimum atomic E-state index is -4.37. The van der Waals surface area contributed by atoms with Crippen LogP contribution in [0.2, 0.25) is 0 Å². The molecule has 0 radical (unpaired) electrons. The van der Waals surface area contributed by atoms with Gasteiger partial charge < -0.3 is 10.6 Å². The van der Waals surface area contributed by atoms with Crippen LogP contribution in [0, 0.1) is 0 Å². The third-order valence-corrected chi connectivity index (χ3v) is 3.37. The second kappa shape index (κ2) is 5.25. The van der Waals surface area contributed by atoms with Crippen molar-refractivity contribution in [2.24, 2.45) is 0 Å². The molecular formula is C14H17F3N2. The molecule has 0 aliphatic carbocycles. The van der Waals surface area contributed by atoms with Crippen LogP contribution >= 0.6 is 0 Å². The third-order valence-electron chi connectivity index (χ3n) is 3.37. The van der Waals surface area contributed by atoms with Gasteiger partial charge in [-0.15, -0.1) is 0 Å². The molecule has 0 bridgehead atoms. The van der Waals surface area contributed by atoms with Crippen molar-refractivity contribution in [1.29, 1.82) is 0 Å². The Morgan fingerprint density at radius 1 is 1.21 bits per heavy atom. The molecule has 0 saturated carbocycles. The highest BCUT2D eigenvalue weighted by Crippen LogP contribution is 2.35. The van der Waals surface area contributed by atoms with E-state index in [2.05, 4.69) is 4.90 Å². The van der Waals surface area contributed by atoms with Gasteiger partial charge in [-0.05, 0) is 37.6 Å². The average molecular weight is 270 g/mol. The molecule has 0 aromatic heterocycles. The number of nitrogens with zero attached hydrogens (tertiary/aromatic N) is 1. The standard InChI is InChI=1S/C14H17F3N2/c1-19-6-4-10(5-7-19)8-11-2-3-12(18)9-13(11)14(15,16)17/h2-3,8-9H,4-7,18H2,1H3. The number of likely N-dealkylation sites (tertiary alicyclic amines) is 1. The number of benzene rings is 1. The molecule has 2 nitrogen and oxygen atoms in total. The molecule has 1 fully saturated rings. The molecule has 0 atom stereocenters. The Labute approximate surface area is 110 Å². The van der Waals surface area contributed by atoms with E-state index in [1.807, 2.05) is 7.05 Å². The summed E-state index contributed by atoms with van der Waals surface area (Å²) in [6.07, 6.45) is -1.07. The molecule has 1 saturated heterocycles. The summed E-state index contributed by atoms with van der Waals surface area (Å²) >= 11 is 0. The van der Waals surface area contributed by atoms with Crippen molar-refractivity contribution in [1.82, 2.24) is 4.90 Å². The summed E-state index contributed by atoms with van der Waals surface area (Å²) in [5.74, 6) is 0. The maximum atomic E-state index is 13.0. The lowest BCUT2D eigenvalue weighted by Crippen LogP contribution is -2.26. The minimum Gasteiger partial charge on any atom is -0.399 e. The van der Waals surface area contributed by atoms with Gasteiger partial charge in [0, 0.05) is 18.8 Å². The van der Waals surface area contributed by atoms with Crippen LogP contribution in [-0.4, -0.2) is 25.0 Å². The van der Waals surface area contributed by atoms with Gasteiger partial charge in [-0.2, -0.15) is 13.2 Å². The number of hydrogen-bond acceptors (Lipinski definition) is 2. The summed E-state index contributed by atoms with van der Waals surface area (Å²) in [6.45, 7) is 1.78. The molecule has 1 aromatic rings. The largest absolute Gasteiger partial charge is 0.417 e. The van der Waals surface area contributed by atoms with E-state index in [0.29, 0.717) is 0 Å². The SMILES string of the molecule is CN1CCC(=Cc2ccc(N)cc2C(F)(F)F)CC1. The Balaban J connectivity index is 2.32. The topological polar surface area (TPSA) is 29.3 Å². The molecule has 1 aliphatic rings. The molecular weight excluding hydrogens is 253 g/mol. The summed E-state index contributed by atoms with van der Waals surface area (Å²) in [5.41, 5.74) is 6.20. The van der Waals surface area contributed by atoms with Crippen molar-refractivity contribution >= 4 is 11.8 Å². The molecule has 104 valence electrons. The van der Waals surface area contributed by atoms with Crippen LogP contribution in [0.15, 0.2) is 23.8 Å². The Morgan fingerprint density at radius 3 is 2.42 bits per heavy atom. The maximum Gasteiger partial charge on any atom is 0.417 e. The highest BCUT2D eigenvalue weighted by atomic mass is 19.4. The lowest BCUT2D eigenvalue weighted by Gasteiger charge is -2.24. The Hall–Kier alpha value is -1.49. The lowest BCUT2D eigenvalue weighted by atomic mass is 9.98. The quantitative estimate of drug-likeness (QED) is 0.792. The van der Waals surface area contributed by atoms with E-state index in [4.69, 9.17) is 5.73 Å². The molecule has 19 heavy (non-hydrogen) atoms. The van der Waals surface area contributed by atoms with E-state index in [9.17, 15) is 13.2 Å². The van der Waals surface area contributed by atoms with Gasteiger partial charge in [-0.3, -0.25) is 0 Å². The third kappa shape index (κ3) is 3.50. The van der Waals surface area contributed by atoms with Crippen molar-refractivity contribution in [2.45, 2.75) is 19.0 Å². The van der Waals surface area contributed by atoms with E-state index >= 15 is 0 Å². The predicted octanol–water partition coefficient (Wildman–Crippen LogP) is 3.40. The predicted molar refractivity (Wildman–Crippen MR) is 70.6 cm³/mol. The second-order valence-electron chi connectivity index (χ2n) is 4.95. The molecule has 2 N–H and O–H groups in total. The molecule has 0 spiro atoms. The van der Waals surface area contributed by atoms with E-state index in [1.54, 1.807) is 6.08 Å². The summed E-state index contributed by atoms with van der Waals surface area (Å²) < 4.78 is 38.9. The Kier molecular flexibility index (Phi) is 3.85. The lowest BCUT2D eigenvalue weighted by molar-refractivity contribution is -0.137. The van der Waals surface area contributed by atoms with E-state index < -0.39 is 11.7 Å². The summed E-state index contributed by atoms with van der Waals surface area (Å²) in [7, 11) is 2.02. The van der Waals surface area contributed by atoms with E-state index in [-0.39, 0.29) is 11.3 Å². The smallest absolute Gasteiger partial charge is 0.399 e. The van der Waals surface area contributed by atoms with Crippen LogP contribution in [0.1, 0.15) is 24.0 Å².